The number of carbonyl (C=O) groups is 1. The van der Waals surface area contributed by atoms with Gasteiger partial charge in [0.2, 0.25) is 5.76 Å². The topological polar surface area (TPSA) is 75.4 Å². The van der Waals surface area contributed by atoms with E-state index in [1.54, 1.807) is 29.1 Å². The lowest BCUT2D eigenvalue weighted by atomic mass is 10.2. The molecule has 2 aromatic heterocycles. The van der Waals surface area contributed by atoms with Crippen LogP contribution in [0.3, 0.4) is 0 Å². The molecule has 2 heterocycles. The van der Waals surface area contributed by atoms with Gasteiger partial charge in [0, 0.05) is 29.7 Å². The highest BCUT2D eigenvalue weighted by molar-refractivity contribution is 7.09. The number of nitrogens with one attached hydrogen (secondary N) is 1. The number of aromatic nitrogens is 1. The number of nitrogens with zero attached hydrogens (tertiary/aromatic N) is 1. The lowest BCUT2D eigenvalue weighted by Crippen LogP contribution is -2.13. The molecule has 0 bridgehead atoms. The molecule has 0 aromatic carbocycles. The first-order valence-electron chi connectivity index (χ1n) is 4.65. The summed E-state index contributed by atoms with van der Waals surface area (Å²) < 4.78 is 4.86. The van der Waals surface area contributed by atoms with Crippen LogP contribution in [0.1, 0.15) is 21.0 Å². The van der Waals surface area contributed by atoms with E-state index < -0.39 is 5.97 Å². The van der Waals surface area contributed by atoms with Crippen molar-refractivity contribution >= 4 is 17.3 Å². The predicted octanol–water partition coefficient (Wildman–Crippen LogP) is 1.72. The number of hydrogen-bond donors (Lipinski definition) is 2. The first-order chi connectivity index (χ1) is 7.77. The van der Waals surface area contributed by atoms with E-state index >= 15 is 0 Å². The molecule has 0 saturated heterocycles. The van der Waals surface area contributed by atoms with Gasteiger partial charge in [0.15, 0.2) is 0 Å². The number of hydrogen-bond acceptors (Lipinski definition) is 5. The van der Waals surface area contributed by atoms with Gasteiger partial charge in [0.05, 0.1) is 11.8 Å². The van der Waals surface area contributed by atoms with Gasteiger partial charge >= 0.3 is 5.97 Å². The summed E-state index contributed by atoms with van der Waals surface area (Å²) in [5.74, 6) is -1.05. The van der Waals surface area contributed by atoms with Crippen molar-refractivity contribution < 1.29 is 14.3 Å². The lowest BCUT2D eigenvalue weighted by molar-refractivity contribution is 0.0660. The monoisotopic (exact) mass is 238 g/mol. The van der Waals surface area contributed by atoms with E-state index in [4.69, 9.17) is 9.52 Å². The fourth-order valence-corrected chi connectivity index (χ4v) is 1.88. The SMILES string of the molecule is O=C(O)c1occc1CNCc1cncs1. The van der Waals surface area contributed by atoms with Gasteiger partial charge in [-0.05, 0) is 6.07 Å². The van der Waals surface area contributed by atoms with Crippen molar-refractivity contribution in [2.75, 3.05) is 0 Å². The second kappa shape index (κ2) is 4.91. The molecule has 0 aliphatic carbocycles. The summed E-state index contributed by atoms with van der Waals surface area (Å²) in [4.78, 5) is 15.8. The van der Waals surface area contributed by atoms with Crippen molar-refractivity contribution in [2.24, 2.45) is 0 Å². The summed E-state index contributed by atoms with van der Waals surface area (Å²) in [6, 6.07) is 1.66. The Morgan fingerprint density at radius 2 is 2.44 bits per heavy atom. The average Bonchev–Trinajstić information content (AvgIpc) is 2.87. The molecule has 0 amide bonds. The van der Waals surface area contributed by atoms with Crippen LogP contribution in [0.4, 0.5) is 0 Å². The minimum Gasteiger partial charge on any atom is -0.475 e. The summed E-state index contributed by atoms with van der Waals surface area (Å²) in [6.45, 7) is 1.14. The van der Waals surface area contributed by atoms with E-state index in [1.165, 1.54) is 6.26 Å². The van der Waals surface area contributed by atoms with Crippen LogP contribution >= 0.6 is 11.3 Å². The third-order valence-corrected chi connectivity index (χ3v) is 2.82. The quantitative estimate of drug-likeness (QED) is 0.829. The molecule has 0 unspecified atom stereocenters. The van der Waals surface area contributed by atoms with Gasteiger partial charge in [0.1, 0.15) is 0 Å². The van der Waals surface area contributed by atoms with Crippen LogP contribution < -0.4 is 5.32 Å². The molecule has 16 heavy (non-hydrogen) atoms. The molecule has 0 atom stereocenters. The third-order valence-electron chi connectivity index (χ3n) is 2.04. The summed E-state index contributed by atoms with van der Waals surface area (Å²) in [5, 5.41) is 11.9. The van der Waals surface area contributed by atoms with Crippen LogP contribution in [-0.4, -0.2) is 16.1 Å². The molecule has 5 nitrogen and oxygen atoms in total. The standard InChI is InChI=1S/C10H10N2O3S/c13-10(14)9-7(1-2-15-9)3-11-4-8-5-12-6-16-8/h1-2,5-6,11H,3-4H2,(H,13,14). The molecule has 0 spiro atoms. The van der Waals surface area contributed by atoms with Gasteiger partial charge in [0.25, 0.3) is 0 Å². The Hall–Kier alpha value is -1.66. The maximum atomic E-state index is 10.7. The van der Waals surface area contributed by atoms with Gasteiger partial charge in [-0.2, -0.15) is 0 Å². The summed E-state index contributed by atoms with van der Waals surface area (Å²) >= 11 is 1.56. The van der Waals surface area contributed by atoms with E-state index in [0.717, 1.165) is 4.88 Å². The van der Waals surface area contributed by atoms with Crippen LogP contribution in [0.2, 0.25) is 0 Å². The minimum atomic E-state index is -1.04. The highest BCUT2D eigenvalue weighted by atomic mass is 32.1. The first kappa shape index (κ1) is 10.8. The van der Waals surface area contributed by atoms with Crippen molar-refractivity contribution in [3.05, 3.63) is 40.2 Å². The Morgan fingerprint density at radius 1 is 1.56 bits per heavy atom. The number of furan rings is 1. The highest BCUT2D eigenvalue weighted by Gasteiger charge is 2.12. The largest absolute Gasteiger partial charge is 0.475 e. The molecule has 0 aliphatic heterocycles. The first-order valence-corrected chi connectivity index (χ1v) is 5.53. The van der Waals surface area contributed by atoms with Gasteiger partial charge in [-0.1, -0.05) is 0 Å². The van der Waals surface area contributed by atoms with Crippen molar-refractivity contribution in [1.82, 2.24) is 10.3 Å². The fourth-order valence-electron chi connectivity index (χ4n) is 1.31. The van der Waals surface area contributed by atoms with Gasteiger partial charge in [-0.25, -0.2) is 4.79 Å². The zero-order valence-electron chi connectivity index (χ0n) is 8.34. The molecule has 0 fully saturated rings. The molecule has 0 aliphatic rings. The zero-order chi connectivity index (χ0) is 11.4. The van der Waals surface area contributed by atoms with E-state index in [0.29, 0.717) is 18.7 Å². The van der Waals surface area contributed by atoms with Crippen molar-refractivity contribution in [1.29, 1.82) is 0 Å². The molecular formula is C10H10N2O3S. The molecule has 0 radical (unpaired) electrons. The zero-order valence-corrected chi connectivity index (χ0v) is 9.16. The molecule has 6 heteroatoms. The molecule has 2 N–H and O–H groups in total. The van der Waals surface area contributed by atoms with E-state index in [1.807, 2.05) is 0 Å². The summed E-state index contributed by atoms with van der Waals surface area (Å²) in [7, 11) is 0. The average molecular weight is 238 g/mol. The molecule has 2 rings (SSSR count). The third kappa shape index (κ3) is 2.47. The summed E-state index contributed by atoms with van der Waals surface area (Å²) in [5.41, 5.74) is 2.41. The number of carboxylic acids is 1. The number of carboxylic acid groups (broad SMARTS) is 1. The fraction of sp³-hybridized carbons (Fsp3) is 0.200. The molecule has 2 aromatic rings. The van der Waals surface area contributed by atoms with Crippen LogP contribution in [-0.2, 0) is 13.1 Å². The normalized spacial score (nSPS) is 10.5. The van der Waals surface area contributed by atoms with Gasteiger partial charge < -0.3 is 14.8 Å². The van der Waals surface area contributed by atoms with Gasteiger partial charge in [-0.3, -0.25) is 4.98 Å². The van der Waals surface area contributed by atoms with E-state index in [9.17, 15) is 4.79 Å². The Balaban J connectivity index is 1.90. The Labute approximate surface area is 95.7 Å². The van der Waals surface area contributed by atoms with Crippen molar-refractivity contribution in [2.45, 2.75) is 13.1 Å². The minimum absolute atomic E-state index is 0.00296. The van der Waals surface area contributed by atoms with Crippen LogP contribution in [0.5, 0.6) is 0 Å². The smallest absolute Gasteiger partial charge is 0.372 e. The molecular weight excluding hydrogens is 228 g/mol. The second-order valence-electron chi connectivity index (χ2n) is 3.15. The maximum Gasteiger partial charge on any atom is 0.372 e. The van der Waals surface area contributed by atoms with Gasteiger partial charge in [-0.15, -0.1) is 11.3 Å². The van der Waals surface area contributed by atoms with E-state index in [-0.39, 0.29) is 5.76 Å². The second-order valence-corrected chi connectivity index (χ2v) is 4.12. The Kier molecular flexibility index (Phi) is 3.33. The predicted molar refractivity (Wildman–Crippen MR) is 58.3 cm³/mol. The van der Waals surface area contributed by atoms with Crippen molar-refractivity contribution in [3.8, 4) is 0 Å². The molecule has 84 valence electrons. The number of thiazole rings is 1. The Bertz CT molecular complexity index is 464. The van der Waals surface area contributed by atoms with Crippen molar-refractivity contribution in [3.63, 3.8) is 0 Å². The Morgan fingerprint density at radius 3 is 3.12 bits per heavy atom. The van der Waals surface area contributed by atoms with Crippen LogP contribution in [0.25, 0.3) is 0 Å². The highest BCUT2D eigenvalue weighted by Crippen LogP contribution is 2.11. The maximum absolute atomic E-state index is 10.7. The van der Waals surface area contributed by atoms with E-state index in [2.05, 4.69) is 10.3 Å². The lowest BCUT2D eigenvalue weighted by Gasteiger charge is -2.01. The van der Waals surface area contributed by atoms with Crippen LogP contribution in [0.15, 0.2) is 28.5 Å². The number of rotatable bonds is 5. The number of aromatic carboxylic acids is 1. The summed E-state index contributed by atoms with van der Waals surface area (Å²) in [6.07, 6.45) is 3.16. The van der Waals surface area contributed by atoms with Crippen LogP contribution in [0, 0.1) is 0 Å². The molecule has 0 saturated carbocycles.